The Morgan fingerprint density at radius 3 is 2.28 bits per heavy atom. The van der Waals surface area contributed by atoms with Gasteiger partial charge in [-0.1, -0.05) is 32.1 Å². The third-order valence-electron chi connectivity index (χ3n) is 3.44. The second kappa shape index (κ2) is 7.86. The Kier molecular flexibility index (Phi) is 7.66. The van der Waals surface area contributed by atoms with E-state index in [-0.39, 0.29) is 11.3 Å². The number of hydrogen-bond acceptors (Lipinski definition) is 3. The Labute approximate surface area is 110 Å². The quantitative estimate of drug-likeness (QED) is 0.786. The zero-order valence-corrected chi connectivity index (χ0v) is 12.1. The van der Waals surface area contributed by atoms with E-state index in [9.17, 15) is 13.2 Å². The Bertz CT molecular complexity index is 347. The van der Waals surface area contributed by atoms with E-state index in [4.69, 9.17) is 0 Å². The lowest BCUT2D eigenvalue weighted by atomic mass is 9.85. The first-order valence-electron chi connectivity index (χ1n) is 6.36. The predicted octanol–water partition coefficient (Wildman–Crippen LogP) is 1.03. The lowest BCUT2D eigenvalue weighted by Crippen LogP contribution is -2.39. The van der Waals surface area contributed by atoms with Gasteiger partial charge in [-0.2, -0.15) is 0 Å². The lowest BCUT2D eigenvalue weighted by Gasteiger charge is -2.23. The smallest absolute Gasteiger partial charge is 0.209 e. The fraction of sp³-hybridized carbons (Fsp3) is 0.917. The highest BCUT2D eigenvalue weighted by atomic mass is 32.2. The minimum Gasteiger partial charge on any atom is -0.412 e. The molecule has 1 saturated carbocycles. The number of sulfonamides is 1. The highest BCUT2D eigenvalue weighted by Crippen LogP contribution is 2.27. The van der Waals surface area contributed by atoms with E-state index in [1.165, 1.54) is 39.0 Å². The highest BCUT2D eigenvalue weighted by molar-refractivity contribution is 7.88. The summed E-state index contributed by atoms with van der Waals surface area (Å²) in [5.74, 6) is 0.582. The number of carbonyl (C=O) groups excluding carboxylic acids is 1. The first-order valence-corrected chi connectivity index (χ1v) is 8.25. The van der Waals surface area contributed by atoms with Crippen LogP contribution in [-0.2, 0) is 14.8 Å². The number of rotatable bonds is 6. The summed E-state index contributed by atoms with van der Waals surface area (Å²) in [5, 5.41) is 0. The second-order valence-corrected chi connectivity index (χ2v) is 6.91. The van der Waals surface area contributed by atoms with Gasteiger partial charge in [0.25, 0.3) is 0 Å². The molecule has 108 valence electrons. The normalized spacial score (nSPS) is 19.0. The molecule has 0 bridgehead atoms. The van der Waals surface area contributed by atoms with Crippen LogP contribution >= 0.6 is 0 Å². The molecular formula is C12H25NO4S. The van der Waals surface area contributed by atoms with Crippen molar-refractivity contribution in [2.24, 2.45) is 5.92 Å². The summed E-state index contributed by atoms with van der Waals surface area (Å²) >= 11 is 0. The summed E-state index contributed by atoms with van der Waals surface area (Å²) in [4.78, 5) is 11.4. The number of hydrogen-bond donors (Lipinski definition) is 1. The predicted molar refractivity (Wildman–Crippen MR) is 71.9 cm³/mol. The molecular weight excluding hydrogens is 254 g/mol. The van der Waals surface area contributed by atoms with Gasteiger partial charge in [0.15, 0.2) is 0 Å². The van der Waals surface area contributed by atoms with Crippen LogP contribution in [-0.4, -0.2) is 32.0 Å². The van der Waals surface area contributed by atoms with Gasteiger partial charge in [0.05, 0.1) is 12.3 Å². The third kappa shape index (κ3) is 7.08. The molecule has 1 rings (SSSR count). The first-order chi connectivity index (χ1) is 7.88. The monoisotopic (exact) mass is 279 g/mol. The van der Waals surface area contributed by atoms with E-state index >= 15 is 0 Å². The van der Waals surface area contributed by atoms with Crippen molar-refractivity contribution in [1.82, 2.24) is 4.72 Å². The molecule has 3 N–H and O–H groups in total. The van der Waals surface area contributed by atoms with Crippen molar-refractivity contribution in [2.45, 2.75) is 57.9 Å². The van der Waals surface area contributed by atoms with Gasteiger partial charge in [0.2, 0.25) is 10.0 Å². The molecule has 1 aliphatic carbocycles. The molecule has 0 saturated heterocycles. The van der Waals surface area contributed by atoms with Crippen LogP contribution in [0.3, 0.4) is 0 Å². The third-order valence-corrected chi connectivity index (χ3v) is 4.15. The fourth-order valence-corrected chi connectivity index (χ4v) is 3.28. The summed E-state index contributed by atoms with van der Waals surface area (Å²) in [6.07, 6.45) is 8.99. The van der Waals surface area contributed by atoms with Crippen LogP contribution in [0.15, 0.2) is 0 Å². The molecule has 0 heterocycles. The van der Waals surface area contributed by atoms with Gasteiger partial charge < -0.3 is 5.48 Å². The van der Waals surface area contributed by atoms with Crippen molar-refractivity contribution in [3.05, 3.63) is 0 Å². The van der Waals surface area contributed by atoms with E-state index in [1.54, 1.807) is 0 Å². The van der Waals surface area contributed by atoms with Crippen LogP contribution in [0.25, 0.3) is 0 Å². The maximum Gasteiger partial charge on any atom is 0.209 e. The largest absolute Gasteiger partial charge is 0.412 e. The maximum absolute atomic E-state index is 11.4. The maximum atomic E-state index is 11.4. The van der Waals surface area contributed by atoms with E-state index in [0.29, 0.717) is 12.3 Å². The van der Waals surface area contributed by atoms with E-state index in [2.05, 4.69) is 4.72 Å². The molecule has 6 heteroatoms. The molecule has 1 fully saturated rings. The van der Waals surface area contributed by atoms with Crippen LogP contribution < -0.4 is 4.72 Å². The molecule has 0 spiro atoms. The minimum atomic E-state index is -3.29. The number of nitrogens with one attached hydrogen (secondary N) is 1. The van der Waals surface area contributed by atoms with Crippen molar-refractivity contribution in [3.63, 3.8) is 0 Å². The Morgan fingerprint density at radius 2 is 1.83 bits per heavy atom. The van der Waals surface area contributed by atoms with E-state index in [0.717, 1.165) is 12.7 Å². The highest BCUT2D eigenvalue weighted by Gasteiger charge is 2.21. The molecule has 0 aliphatic heterocycles. The van der Waals surface area contributed by atoms with Crippen LogP contribution in [0, 0.1) is 5.92 Å². The lowest BCUT2D eigenvalue weighted by molar-refractivity contribution is -0.118. The van der Waals surface area contributed by atoms with E-state index < -0.39 is 16.1 Å². The average Bonchev–Trinajstić information content (AvgIpc) is 2.24. The molecule has 0 radical (unpaired) electrons. The van der Waals surface area contributed by atoms with Gasteiger partial charge in [0, 0.05) is 0 Å². The molecule has 0 aromatic heterocycles. The molecule has 1 atom stereocenters. The summed E-state index contributed by atoms with van der Waals surface area (Å²) < 4.78 is 24.7. The van der Waals surface area contributed by atoms with Crippen molar-refractivity contribution in [3.8, 4) is 0 Å². The molecule has 0 aromatic rings. The van der Waals surface area contributed by atoms with Gasteiger partial charge in [-0.05, 0) is 25.7 Å². The van der Waals surface area contributed by atoms with Gasteiger partial charge in [0.1, 0.15) is 5.78 Å². The van der Waals surface area contributed by atoms with Gasteiger partial charge in [-0.15, -0.1) is 0 Å². The summed E-state index contributed by atoms with van der Waals surface area (Å²) in [5.41, 5.74) is 0. The number of ketones is 1. The van der Waals surface area contributed by atoms with Gasteiger partial charge in [-0.25, -0.2) is 13.1 Å². The van der Waals surface area contributed by atoms with Crippen LogP contribution in [0.4, 0.5) is 0 Å². The van der Waals surface area contributed by atoms with Crippen molar-refractivity contribution in [2.75, 3.05) is 6.26 Å². The summed E-state index contributed by atoms with van der Waals surface area (Å²) in [6, 6.07) is -0.535. The second-order valence-electron chi connectivity index (χ2n) is 5.13. The van der Waals surface area contributed by atoms with Gasteiger partial charge in [-0.3, -0.25) is 4.79 Å². The SMILES string of the molecule is CC(=O)[C@@H](CCC1CCCCC1)NS(C)(=O)=O.O. The summed E-state index contributed by atoms with van der Waals surface area (Å²) in [6.45, 7) is 1.45. The van der Waals surface area contributed by atoms with Crippen molar-refractivity contribution < 1.29 is 18.7 Å². The minimum absolute atomic E-state index is 0. The zero-order chi connectivity index (χ0) is 12.9. The zero-order valence-electron chi connectivity index (χ0n) is 11.2. The van der Waals surface area contributed by atoms with Crippen molar-refractivity contribution in [1.29, 1.82) is 0 Å². The van der Waals surface area contributed by atoms with E-state index in [1.807, 2.05) is 0 Å². The molecule has 1 aliphatic rings. The topological polar surface area (TPSA) is 94.7 Å². The van der Waals surface area contributed by atoms with Crippen LogP contribution in [0.1, 0.15) is 51.9 Å². The van der Waals surface area contributed by atoms with Gasteiger partial charge >= 0.3 is 0 Å². The van der Waals surface area contributed by atoms with Crippen LogP contribution in [0.5, 0.6) is 0 Å². The fourth-order valence-electron chi connectivity index (χ4n) is 2.48. The Balaban J connectivity index is 0.00000289. The Morgan fingerprint density at radius 1 is 1.28 bits per heavy atom. The number of carbonyl (C=O) groups is 1. The molecule has 0 amide bonds. The number of Topliss-reactive ketones (excluding diaryl/α,β-unsaturated/α-hetero) is 1. The van der Waals surface area contributed by atoms with Crippen molar-refractivity contribution >= 4 is 15.8 Å². The summed E-state index contributed by atoms with van der Waals surface area (Å²) in [7, 11) is -3.29. The molecule has 5 nitrogen and oxygen atoms in total. The molecule has 18 heavy (non-hydrogen) atoms. The standard InChI is InChI=1S/C12H23NO3S.H2O/c1-10(14)12(13-17(2,15)16)9-8-11-6-4-3-5-7-11;/h11-13H,3-9H2,1-2H3;1H2/t12-;/m1./s1. The first kappa shape index (κ1) is 17.5. The Hall–Kier alpha value is -0.460. The average molecular weight is 279 g/mol. The molecule has 0 unspecified atom stereocenters. The molecule has 0 aromatic carbocycles. The van der Waals surface area contributed by atoms with Crippen LogP contribution in [0.2, 0.25) is 0 Å².